The summed E-state index contributed by atoms with van der Waals surface area (Å²) in [6.45, 7) is 4.17. The summed E-state index contributed by atoms with van der Waals surface area (Å²) in [5.41, 5.74) is 0.539. The van der Waals surface area contributed by atoms with Crippen LogP contribution < -0.4 is 16.1 Å². The number of piperidine rings is 1. The molecule has 1 saturated heterocycles. The molecule has 0 spiro atoms. The SMILES string of the molecule is CCCn1c(=O)c2sc(N3CCCCC3)nc2n(Cc2nc(-c3ccc(SC)cc3)no2)c1=O. The van der Waals surface area contributed by atoms with Crippen molar-refractivity contribution in [2.75, 3.05) is 24.2 Å². The Hall–Kier alpha value is -2.92. The molecule has 5 rings (SSSR count). The molecule has 1 aliphatic rings. The topological polar surface area (TPSA) is 99.1 Å². The van der Waals surface area contributed by atoms with Gasteiger partial charge in [0.25, 0.3) is 5.56 Å². The number of thioether (sulfide) groups is 1. The van der Waals surface area contributed by atoms with Crippen molar-refractivity contribution in [2.24, 2.45) is 0 Å². The van der Waals surface area contributed by atoms with Gasteiger partial charge in [-0.05, 0) is 56.2 Å². The largest absolute Gasteiger partial charge is 0.348 e. The van der Waals surface area contributed by atoms with Crippen molar-refractivity contribution in [3.8, 4) is 11.4 Å². The van der Waals surface area contributed by atoms with E-state index in [0.29, 0.717) is 35.0 Å². The fourth-order valence-corrected chi connectivity index (χ4v) is 5.64. The van der Waals surface area contributed by atoms with Crippen molar-refractivity contribution in [3.63, 3.8) is 0 Å². The Balaban J connectivity index is 1.55. The molecule has 9 nitrogen and oxygen atoms in total. The smallest absolute Gasteiger partial charge is 0.333 e. The molecule has 0 saturated carbocycles. The van der Waals surface area contributed by atoms with Gasteiger partial charge in [-0.2, -0.15) is 4.98 Å². The highest BCUT2D eigenvalue weighted by Crippen LogP contribution is 2.28. The summed E-state index contributed by atoms with van der Waals surface area (Å²) in [6.07, 6.45) is 6.11. The van der Waals surface area contributed by atoms with Crippen LogP contribution in [0.3, 0.4) is 0 Å². The fourth-order valence-electron chi connectivity index (χ4n) is 4.16. The molecule has 34 heavy (non-hydrogen) atoms. The van der Waals surface area contributed by atoms with Crippen LogP contribution in [0.1, 0.15) is 38.5 Å². The molecule has 1 fully saturated rings. The van der Waals surface area contributed by atoms with E-state index in [4.69, 9.17) is 9.51 Å². The maximum atomic E-state index is 13.3. The predicted molar refractivity (Wildman–Crippen MR) is 135 cm³/mol. The van der Waals surface area contributed by atoms with E-state index in [1.165, 1.54) is 26.9 Å². The lowest BCUT2D eigenvalue weighted by Gasteiger charge is -2.25. The lowest BCUT2D eigenvalue weighted by molar-refractivity contribution is 0.369. The van der Waals surface area contributed by atoms with E-state index in [1.807, 2.05) is 37.4 Å². The van der Waals surface area contributed by atoms with E-state index in [1.54, 1.807) is 11.8 Å². The first-order valence-electron chi connectivity index (χ1n) is 11.4. The molecule has 1 aliphatic heterocycles. The van der Waals surface area contributed by atoms with Crippen LogP contribution in [0.25, 0.3) is 21.7 Å². The van der Waals surface area contributed by atoms with Gasteiger partial charge in [-0.3, -0.25) is 13.9 Å². The van der Waals surface area contributed by atoms with Gasteiger partial charge in [0.2, 0.25) is 11.7 Å². The number of rotatable bonds is 7. The summed E-state index contributed by atoms with van der Waals surface area (Å²) >= 11 is 3.02. The van der Waals surface area contributed by atoms with Crippen LogP contribution in [-0.2, 0) is 13.1 Å². The summed E-state index contributed by atoms with van der Waals surface area (Å²) in [4.78, 5) is 39.0. The average Bonchev–Trinajstić information content (AvgIpc) is 3.53. The molecule has 4 heterocycles. The summed E-state index contributed by atoms with van der Waals surface area (Å²) in [6, 6.07) is 7.89. The Morgan fingerprint density at radius 2 is 1.82 bits per heavy atom. The van der Waals surface area contributed by atoms with Crippen LogP contribution in [0, 0.1) is 0 Å². The van der Waals surface area contributed by atoms with Crippen molar-refractivity contribution in [1.82, 2.24) is 24.3 Å². The molecule has 4 aromatic rings. The van der Waals surface area contributed by atoms with E-state index in [2.05, 4.69) is 15.0 Å². The quantitative estimate of drug-likeness (QED) is 0.355. The van der Waals surface area contributed by atoms with E-state index < -0.39 is 5.69 Å². The summed E-state index contributed by atoms with van der Waals surface area (Å²) in [5.74, 6) is 0.752. The summed E-state index contributed by atoms with van der Waals surface area (Å²) in [5, 5.41) is 4.89. The van der Waals surface area contributed by atoms with Gasteiger partial charge in [0.15, 0.2) is 10.8 Å². The fraction of sp³-hybridized carbons (Fsp3) is 0.435. The zero-order chi connectivity index (χ0) is 23.7. The highest BCUT2D eigenvalue weighted by Gasteiger charge is 2.22. The predicted octanol–water partition coefficient (Wildman–Crippen LogP) is 3.84. The highest BCUT2D eigenvalue weighted by atomic mass is 32.2. The van der Waals surface area contributed by atoms with Crippen LogP contribution in [0.2, 0.25) is 0 Å². The van der Waals surface area contributed by atoms with Gasteiger partial charge in [0, 0.05) is 30.1 Å². The number of thiazole rings is 1. The third-order valence-electron chi connectivity index (χ3n) is 5.94. The van der Waals surface area contributed by atoms with E-state index in [0.717, 1.165) is 41.5 Å². The third-order valence-corrected chi connectivity index (χ3v) is 7.78. The molecule has 11 heteroatoms. The van der Waals surface area contributed by atoms with Gasteiger partial charge in [-0.25, -0.2) is 9.78 Å². The van der Waals surface area contributed by atoms with Crippen LogP contribution in [0.5, 0.6) is 0 Å². The third kappa shape index (κ3) is 4.29. The number of fused-ring (bicyclic) bond motifs is 1. The molecule has 0 amide bonds. The van der Waals surface area contributed by atoms with Crippen LogP contribution >= 0.6 is 23.1 Å². The van der Waals surface area contributed by atoms with Crippen LogP contribution in [0.15, 0.2) is 43.3 Å². The Kier molecular flexibility index (Phi) is 6.55. The maximum Gasteiger partial charge on any atom is 0.333 e. The first-order valence-corrected chi connectivity index (χ1v) is 13.5. The van der Waals surface area contributed by atoms with Crippen molar-refractivity contribution in [3.05, 3.63) is 51.0 Å². The van der Waals surface area contributed by atoms with Crippen molar-refractivity contribution >= 4 is 38.6 Å². The first kappa shape index (κ1) is 22.9. The lowest BCUT2D eigenvalue weighted by atomic mass is 10.1. The minimum Gasteiger partial charge on any atom is -0.348 e. The minimum absolute atomic E-state index is 0.0540. The number of anilines is 1. The van der Waals surface area contributed by atoms with E-state index in [-0.39, 0.29) is 12.1 Å². The Morgan fingerprint density at radius 3 is 2.53 bits per heavy atom. The molecule has 0 unspecified atom stereocenters. The second-order valence-corrected chi connectivity index (χ2v) is 10.1. The zero-order valence-corrected chi connectivity index (χ0v) is 20.8. The molecular formula is C23H26N6O3S2. The number of nitrogens with zero attached hydrogens (tertiary/aromatic N) is 6. The van der Waals surface area contributed by atoms with Crippen molar-refractivity contribution < 1.29 is 4.52 Å². The molecule has 0 atom stereocenters. The Morgan fingerprint density at radius 1 is 1.06 bits per heavy atom. The molecule has 0 aliphatic carbocycles. The average molecular weight is 499 g/mol. The van der Waals surface area contributed by atoms with Gasteiger partial charge in [-0.15, -0.1) is 11.8 Å². The van der Waals surface area contributed by atoms with Gasteiger partial charge < -0.3 is 9.42 Å². The molecule has 1 aromatic carbocycles. The normalized spacial score (nSPS) is 14.2. The zero-order valence-electron chi connectivity index (χ0n) is 19.2. The van der Waals surface area contributed by atoms with Gasteiger partial charge >= 0.3 is 5.69 Å². The Labute approximate surface area is 204 Å². The van der Waals surface area contributed by atoms with Gasteiger partial charge in [0.05, 0.1) is 0 Å². The molecular weight excluding hydrogens is 472 g/mol. The summed E-state index contributed by atoms with van der Waals surface area (Å²) in [7, 11) is 0. The number of hydrogen-bond donors (Lipinski definition) is 0. The van der Waals surface area contributed by atoms with Crippen LogP contribution in [-0.4, -0.2) is 43.6 Å². The number of aromatic nitrogens is 5. The second-order valence-electron chi connectivity index (χ2n) is 8.26. The van der Waals surface area contributed by atoms with Crippen molar-refractivity contribution in [2.45, 2.75) is 50.6 Å². The minimum atomic E-state index is -0.404. The molecule has 3 aromatic heterocycles. The van der Waals surface area contributed by atoms with E-state index >= 15 is 0 Å². The number of hydrogen-bond acceptors (Lipinski definition) is 9. The Bertz CT molecular complexity index is 1410. The maximum absolute atomic E-state index is 13.3. The molecule has 0 N–H and O–H groups in total. The first-order chi connectivity index (χ1) is 16.6. The van der Waals surface area contributed by atoms with Crippen LogP contribution in [0.4, 0.5) is 5.13 Å². The van der Waals surface area contributed by atoms with E-state index in [9.17, 15) is 9.59 Å². The van der Waals surface area contributed by atoms with Gasteiger partial charge in [-0.1, -0.05) is 23.4 Å². The lowest BCUT2D eigenvalue weighted by Crippen LogP contribution is -2.40. The standard InChI is InChI=1S/C23H26N6O3S2/c1-3-11-28-21(30)18-20(25-22(34-18)27-12-5-4-6-13-27)29(23(28)31)14-17-24-19(26-32-17)15-7-9-16(33-2)10-8-15/h7-10H,3-6,11-14H2,1-2H3. The van der Waals surface area contributed by atoms with Gasteiger partial charge in [0.1, 0.15) is 11.2 Å². The second kappa shape index (κ2) is 9.75. The number of benzene rings is 1. The highest BCUT2D eigenvalue weighted by molar-refractivity contribution is 7.98. The molecule has 0 bridgehead atoms. The molecule has 178 valence electrons. The van der Waals surface area contributed by atoms with Crippen molar-refractivity contribution in [1.29, 1.82) is 0 Å². The molecule has 0 radical (unpaired) electrons. The monoisotopic (exact) mass is 498 g/mol. The summed E-state index contributed by atoms with van der Waals surface area (Å²) < 4.78 is 8.76.